The van der Waals surface area contributed by atoms with Gasteiger partial charge < -0.3 is 5.32 Å². The Morgan fingerprint density at radius 1 is 1.11 bits per heavy atom. The predicted octanol–water partition coefficient (Wildman–Crippen LogP) is 5.91. The second kappa shape index (κ2) is 6.53. The molecule has 0 bridgehead atoms. The molecule has 0 radical (unpaired) electrons. The molecule has 0 aromatic heterocycles. The molecular formula is C15H14Br2FN. The van der Waals surface area contributed by atoms with E-state index in [-0.39, 0.29) is 11.9 Å². The van der Waals surface area contributed by atoms with Gasteiger partial charge in [-0.05, 0) is 58.2 Å². The summed E-state index contributed by atoms with van der Waals surface area (Å²) in [6, 6.07) is 12.8. The van der Waals surface area contributed by atoms with Crippen LogP contribution in [0.25, 0.3) is 0 Å². The van der Waals surface area contributed by atoms with Gasteiger partial charge in [-0.1, -0.05) is 35.0 Å². The number of rotatable bonds is 4. The topological polar surface area (TPSA) is 12.0 Å². The van der Waals surface area contributed by atoms with E-state index in [0.29, 0.717) is 0 Å². The van der Waals surface area contributed by atoms with Gasteiger partial charge in [-0.15, -0.1) is 0 Å². The molecule has 0 saturated heterocycles. The van der Waals surface area contributed by atoms with E-state index >= 15 is 0 Å². The van der Waals surface area contributed by atoms with Crippen LogP contribution in [0.2, 0.25) is 0 Å². The highest BCUT2D eigenvalue weighted by atomic mass is 79.9. The Labute approximate surface area is 129 Å². The molecule has 2 rings (SSSR count). The lowest BCUT2D eigenvalue weighted by atomic mass is 10.0. The third kappa shape index (κ3) is 3.80. The van der Waals surface area contributed by atoms with Crippen LogP contribution >= 0.6 is 31.9 Å². The van der Waals surface area contributed by atoms with Gasteiger partial charge in [0.1, 0.15) is 5.82 Å². The van der Waals surface area contributed by atoms with E-state index in [9.17, 15) is 4.39 Å². The van der Waals surface area contributed by atoms with Crippen molar-refractivity contribution in [1.82, 2.24) is 0 Å². The number of anilines is 1. The van der Waals surface area contributed by atoms with Crippen molar-refractivity contribution in [3.8, 4) is 0 Å². The Balaban J connectivity index is 2.21. The zero-order valence-corrected chi connectivity index (χ0v) is 13.6. The summed E-state index contributed by atoms with van der Waals surface area (Å²) >= 11 is 6.97. The Morgan fingerprint density at radius 2 is 1.79 bits per heavy atom. The minimum Gasteiger partial charge on any atom is -0.377 e. The fourth-order valence-corrected chi connectivity index (χ4v) is 3.07. The normalized spacial score (nSPS) is 12.2. The first-order chi connectivity index (χ1) is 9.10. The maximum absolute atomic E-state index is 13.0. The molecule has 1 nitrogen and oxygen atoms in total. The van der Waals surface area contributed by atoms with Gasteiger partial charge in [0.25, 0.3) is 0 Å². The molecule has 0 aliphatic carbocycles. The lowest BCUT2D eigenvalue weighted by Gasteiger charge is -2.20. The van der Waals surface area contributed by atoms with Gasteiger partial charge in [-0.3, -0.25) is 0 Å². The van der Waals surface area contributed by atoms with E-state index in [1.165, 1.54) is 12.1 Å². The van der Waals surface area contributed by atoms with Gasteiger partial charge in [-0.2, -0.15) is 0 Å². The summed E-state index contributed by atoms with van der Waals surface area (Å²) in [4.78, 5) is 0. The number of hydrogen-bond acceptors (Lipinski definition) is 1. The molecule has 0 fully saturated rings. The van der Waals surface area contributed by atoms with Crippen LogP contribution in [0.3, 0.4) is 0 Å². The van der Waals surface area contributed by atoms with E-state index in [4.69, 9.17) is 0 Å². The molecular weight excluding hydrogens is 373 g/mol. The molecule has 0 amide bonds. The van der Waals surface area contributed by atoms with E-state index in [1.807, 2.05) is 30.3 Å². The SMILES string of the molecule is CCC(Nc1ccc(Br)cc1Br)c1ccc(F)cc1. The average molecular weight is 387 g/mol. The van der Waals surface area contributed by atoms with Gasteiger partial charge in [0, 0.05) is 14.6 Å². The summed E-state index contributed by atoms with van der Waals surface area (Å²) in [5.41, 5.74) is 2.11. The molecule has 4 heteroatoms. The van der Waals surface area contributed by atoms with E-state index in [0.717, 1.165) is 26.6 Å². The van der Waals surface area contributed by atoms with Gasteiger partial charge >= 0.3 is 0 Å². The zero-order valence-electron chi connectivity index (χ0n) is 10.5. The summed E-state index contributed by atoms with van der Waals surface area (Å²) in [5.74, 6) is -0.205. The van der Waals surface area contributed by atoms with Crippen molar-refractivity contribution in [3.63, 3.8) is 0 Å². The molecule has 1 atom stereocenters. The van der Waals surface area contributed by atoms with Crippen LogP contribution in [0.1, 0.15) is 24.9 Å². The molecule has 1 unspecified atom stereocenters. The molecule has 100 valence electrons. The van der Waals surface area contributed by atoms with Crippen LogP contribution in [0.15, 0.2) is 51.4 Å². The minimum absolute atomic E-state index is 0.165. The first-order valence-corrected chi connectivity index (χ1v) is 7.66. The van der Waals surface area contributed by atoms with Crippen LogP contribution in [0, 0.1) is 5.82 Å². The Kier molecular flexibility index (Phi) is 4.99. The van der Waals surface area contributed by atoms with E-state index < -0.39 is 0 Å². The van der Waals surface area contributed by atoms with Crippen molar-refractivity contribution < 1.29 is 4.39 Å². The van der Waals surface area contributed by atoms with Crippen molar-refractivity contribution in [2.24, 2.45) is 0 Å². The van der Waals surface area contributed by atoms with Crippen LogP contribution < -0.4 is 5.32 Å². The third-order valence-corrected chi connectivity index (χ3v) is 4.09. The fourth-order valence-electron chi connectivity index (χ4n) is 1.91. The Morgan fingerprint density at radius 3 is 2.37 bits per heavy atom. The molecule has 0 aliphatic heterocycles. The maximum atomic E-state index is 13.0. The first kappa shape index (κ1) is 14.5. The highest BCUT2D eigenvalue weighted by Gasteiger charge is 2.11. The Bertz CT molecular complexity index is 555. The lowest BCUT2D eigenvalue weighted by molar-refractivity contribution is 0.625. The second-order valence-electron chi connectivity index (χ2n) is 4.28. The highest BCUT2D eigenvalue weighted by molar-refractivity contribution is 9.11. The minimum atomic E-state index is -0.205. The zero-order chi connectivity index (χ0) is 13.8. The number of hydrogen-bond donors (Lipinski definition) is 1. The van der Waals surface area contributed by atoms with Crippen molar-refractivity contribution >= 4 is 37.5 Å². The number of benzene rings is 2. The monoisotopic (exact) mass is 385 g/mol. The molecule has 1 N–H and O–H groups in total. The summed E-state index contributed by atoms with van der Waals surface area (Å²) < 4.78 is 15.0. The van der Waals surface area contributed by atoms with Gasteiger partial charge in [0.05, 0.1) is 6.04 Å². The standard InChI is InChI=1S/C15H14Br2FN/c1-2-14(10-3-6-12(18)7-4-10)19-15-8-5-11(16)9-13(15)17/h3-9,14,19H,2H2,1H3. The van der Waals surface area contributed by atoms with Crippen molar-refractivity contribution in [2.75, 3.05) is 5.32 Å². The maximum Gasteiger partial charge on any atom is 0.123 e. The summed E-state index contributed by atoms with van der Waals surface area (Å²) in [6.45, 7) is 2.10. The lowest BCUT2D eigenvalue weighted by Crippen LogP contribution is -2.10. The van der Waals surface area contributed by atoms with E-state index in [2.05, 4.69) is 44.1 Å². The largest absolute Gasteiger partial charge is 0.377 e. The molecule has 0 saturated carbocycles. The Hall–Kier alpha value is -0.870. The molecule has 19 heavy (non-hydrogen) atoms. The van der Waals surface area contributed by atoms with Crippen LogP contribution in [-0.4, -0.2) is 0 Å². The summed E-state index contributed by atoms with van der Waals surface area (Å²) in [5, 5.41) is 3.47. The van der Waals surface area contributed by atoms with Crippen LogP contribution in [0.5, 0.6) is 0 Å². The molecule has 0 spiro atoms. The fraction of sp³-hybridized carbons (Fsp3) is 0.200. The summed E-state index contributed by atoms with van der Waals surface area (Å²) in [7, 11) is 0. The third-order valence-electron chi connectivity index (χ3n) is 2.94. The second-order valence-corrected chi connectivity index (χ2v) is 6.05. The quantitative estimate of drug-likeness (QED) is 0.688. The summed E-state index contributed by atoms with van der Waals surface area (Å²) in [6.07, 6.45) is 0.925. The van der Waals surface area contributed by atoms with Gasteiger partial charge in [-0.25, -0.2) is 4.39 Å². The number of halogens is 3. The van der Waals surface area contributed by atoms with Crippen LogP contribution in [-0.2, 0) is 0 Å². The average Bonchev–Trinajstić information content (AvgIpc) is 2.39. The molecule has 2 aromatic carbocycles. The van der Waals surface area contributed by atoms with Gasteiger partial charge in [0.2, 0.25) is 0 Å². The highest BCUT2D eigenvalue weighted by Crippen LogP contribution is 2.30. The first-order valence-electron chi connectivity index (χ1n) is 6.07. The smallest absolute Gasteiger partial charge is 0.123 e. The van der Waals surface area contributed by atoms with Crippen molar-refractivity contribution in [2.45, 2.75) is 19.4 Å². The number of nitrogens with one attached hydrogen (secondary N) is 1. The van der Waals surface area contributed by atoms with Crippen molar-refractivity contribution in [1.29, 1.82) is 0 Å². The predicted molar refractivity (Wildman–Crippen MR) is 84.9 cm³/mol. The molecule has 0 aliphatic rings. The van der Waals surface area contributed by atoms with Crippen LogP contribution in [0.4, 0.5) is 10.1 Å². The van der Waals surface area contributed by atoms with Crippen molar-refractivity contribution in [3.05, 3.63) is 62.8 Å². The molecule has 0 heterocycles. The van der Waals surface area contributed by atoms with Gasteiger partial charge in [0.15, 0.2) is 0 Å². The molecule has 2 aromatic rings. The van der Waals surface area contributed by atoms with E-state index in [1.54, 1.807) is 0 Å².